The van der Waals surface area contributed by atoms with Gasteiger partial charge in [0.05, 0.1) is 17.7 Å². The van der Waals surface area contributed by atoms with Gasteiger partial charge >= 0.3 is 6.09 Å². The highest BCUT2D eigenvalue weighted by Gasteiger charge is 2.26. The molecule has 0 aromatic heterocycles. The second-order valence-corrected chi connectivity index (χ2v) is 6.91. The van der Waals surface area contributed by atoms with Gasteiger partial charge in [0.25, 0.3) is 0 Å². The van der Waals surface area contributed by atoms with E-state index in [1.165, 1.54) is 0 Å². The lowest BCUT2D eigenvalue weighted by atomic mass is 10.1. The summed E-state index contributed by atoms with van der Waals surface area (Å²) in [4.78, 5) is 11.6. The maximum Gasteiger partial charge on any atom is 0.408 e. The van der Waals surface area contributed by atoms with Crippen LogP contribution < -0.4 is 5.32 Å². The highest BCUT2D eigenvalue weighted by atomic mass is 16.6. The second kappa shape index (κ2) is 5.25. The van der Waals surface area contributed by atoms with Gasteiger partial charge in [-0.15, -0.1) is 0 Å². The molecular formula is C13H27NO3. The average molecular weight is 245 g/mol. The van der Waals surface area contributed by atoms with Crippen molar-refractivity contribution in [1.82, 2.24) is 5.32 Å². The molecule has 0 unspecified atom stereocenters. The average Bonchev–Trinajstić information content (AvgIpc) is 1.94. The van der Waals surface area contributed by atoms with Gasteiger partial charge in [0, 0.05) is 0 Å². The number of rotatable bonds is 3. The Kier molecular flexibility index (Phi) is 5.02. The van der Waals surface area contributed by atoms with Gasteiger partial charge < -0.3 is 14.8 Å². The Balaban J connectivity index is 4.21. The molecule has 0 radical (unpaired) electrons. The summed E-state index contributed by atoms with van der Waals surface area (Å²) in [6.07, 6.45) is -0.417. The third-order valence-corrected chi connectivity index (χ3v) is 1.71. The fourth-order valence-electron chi connectivity index (χ4n) is 1.01. The summed E-state index contributed by atoms with van der Waals surface area (Å²) < 4.78 is 10.9. The van der Waals surface area contributed by atoms with Crippen molar-refractivity contribution < 1.29 is 14.3 Å². The van der Waals surface area contributed by atoms with Gasteiger partial charge in [-0.1, -0.05) is 0 Å². The molecule has 4 nitrogen and oxygen atoms in total. The van der Waals surface area contributed by atoms with Crippen LogP contribution in [0.15, 0.2) is 0 Å². The van der Waals surface area contributed by atoms with Gasteiger partial charge in [0.1, 0.15) is 5.60 Å². The molecule has 1 amide bonds. The number of carbonyl (C=O) groups is 1. The number of alkyl carbamates (subject to hydrolysis) is 1. The largest absolute Gasteiger partial charge is 0.444 e. The van der Waals surface area contributed by atoms with Crippen molar-refractivity contribution >= 4 is 6.09 Å². The summed E-state index contributed by atoms with van der Waals surface area (Å²) in [6.45, 7) is 15.7. The fourth-order valence-corrected chi connectivity index (χ4v) is 1.01. The lowest BCUT2D eigenvalue weighted by Crippen LogP contribution is -2.49. The molecule has 0 saturated carbocycles. The Morgan fingerprint density at radius 2 is 1.41 bits per heavy atom. The molecule has 0 fully saturated rings. The van der Waals surface area contributed by atoms with Crippen molar-refractivity contribution in [3.63, 3.8) is 0 Å². The Labute approximate surface area is 105 Å². The molecule has 0 aromatic rings. The van der Waals surface area contributed by atoms with Crippen molar-refractivity contribution in [2.45, 2.75) is 72.1 Å². The zero-order valence-corrected chi connectivity index (χ0v) is 12.4. The van der Waals surface area contributed by atoms with E-state index in [1.54, 1.807) is 0 Å². The predicted octanol–water partition coefficient (Wildman–Crippen LogP) is 3.10. The van der Waals surface area contributed by atoms with Gasteiger partial charge in [0.15, 0.2) is 0 Å². The van der Waals surface area contributed by atoms with E-state index in [-0.39, 0.29) is 5.60 Å². The summed E-state index contributed by atoms with van der Waals surface area (Å²) in [6, 6.07) is 0. The highest BCUT2D eigenvalue weighted by Crippen LogP contribution is 2.13. The fraction of sp³-hybridized carbons (Fsp3) is 0.923. The van der Waals surface area contributed by atoms with Crippen molar-refractivity contribution in [2.75, 3.05) is 6.61 Å². The van der Waals surface area contributed by atoms with Gasteiger partial charge in [-0.25, -0.2) is 4.79 Å². The summed E-state index contributed by atoms with van der Waals surface area (Å²) in [5.41, 5.74) is -1.15. The lowest BCUT2D eigenvalue weighted by Gasteiger charge is -2.31. The zero-order chi connectivity index (χ0) is 13.9. The van der Waals surface area contributed by atoms with E-state index in [0.717, 1.165) is 0 Å². The number of amides is 1. The zero-order valence-electron chi connectivity index (χ0n) is 12.4. The van der Waals surface area contributed by atoms with E-state index in [0.29, 0.717) is 6.61 Å². The minimum absolute atomic E-state index is 0.215. The molecule has 0 heterocycles. The number of ether oxygens (including phenoxy) is 2. The van der Waals surface area contributed by atoms with E-state index < -0.39 is 17.2 Å². The molecule has 0 bridgehead atoms. The number of hydrogen-bond donors (Lipinski definition) is 1. The molecule has 1 N–H and O–H groups in total. The van der Waals surface area contributed by atoms with Gasteiger partial charge in [-0.3, -0.25) is 0 Å². The normalized spacial score (nSPS) is 13.4. The van der Waals surface area contributed by atoms with Crippen LogP contribution in [0.5, 0.6) is 0 Å². The Bertz CT molecular complexity index is 259. The SMILES string of the molecule is CC(C)(COC(C)(C)C)NC(=O)OC(C)(C)C. The van der Waals surface area contributed by atoms with Crippen molar-refractivity contribution in [3.8, 4) is 0 Å². The Morgan fingerprint density at radius 1 is 0.941 bits per heavy atom. The van der Waals surface area contributed by atoms with Crippen LogP contribution in [0.25, 0.3) is 0 Å². The summed E-state index contributed by atoms with van der Waals surface area (Å²) in [7, 11) is 0. The van der Waals surface area contributed by atoms with Crippen molar-refractivity contribution in [3.05, 3.63) is 0 Å². The molecule has 17 heavy (non-hydrogen) atoms. The summed E-state index contributed by atoms with van der Waals surface area (Å²) in [5.74, 6) is 0. The standard InChI is InChI=1S/C13H27NO3/c1-11(2,3)16-9-13(7,8)14-10(15)17-12(4,5)6/h9H2,1-8H3,(H,14,15). The van der Waals surface area contributed by atoms with E-state index in [4.69, 9.17) is 9.47 Å². The third kappa shape index (κ3) is 10.1. The first-order chi connectivity index (χ1) is 7.31. The molecule has 4 heteroatoms. The smallest absolute Gasteiger partial charge is 0.408 e. The molecule has 0 saturated heterocycles. The maximum atomic E-state index is 11.6. The molecule has 0 aromatic carbocycles. The van der Waals surface area contributed by atoms with Crippen LogP contribution in [0.4, 0.5) is 4.79 Å². The minimum Gasteiger partial charge on any atom is -0.444 e. The molecule has 102 valence electrons. The lowest BCUT2D eigenvalue weighted by molar-refractivity contribution is -0.0325. The molecule has 0 aliphatic heterocycles. The van der Waals surface area contributed by atoms with E-state index in [1.807, 2.05) is 55.4 Å². The first-order valence-electron chi connectivity index (χ1n) is 5.96. The van der Waals surface area contributed by atoms with Gasteiger partial charge in [-0.2, -0.15) is 0 Å². The number of nitrogens with one attached hydrogen (secondary N) is 1. The quantitative estimate of drug-likeness (QED) is 0.831. The monoisotopic (exact) mass is 245 g/mol. The minimum atomic E-state index is -0.481. The first kappa shape index (κ1) is 16.2. The van der Waals surface area contributed by atoms with E-state index in [9.17, 15) is 4.79 Å². The van der Waals surface area contributed by atoms with E-state index in [2.05, 4.69) is 5.32 Å². The van der Waals surface area contributed by atoms with Crippen molar-refractivity contribution in [1.29, 1.82) is 0 Å². The Hall–Kier alpha value is -0.770. The second-order valence-electron chi connectivity index (χ2n) is 6.91. The van der Waals surface area contributed by atoms with Crippen LogP contribution in [-0.4, -0.2) is 29.4 Å². The molecule has 0 atom stereocenters. The highest BCUT2D eigenvalue weighted by molar-refractivity contribution is 5.68. The van der Waals surface area contributed by atoms with Crippen molar-refractivity contribution in [2.24, 2.45) is 0 Å². The number of carbonyl (C=O) groups excluding carboxylic acids is 1. The molecule has 0 spiro atoms. The molecular weight excluding hydrogens is 218 g/mol. The third-order valence-electron chi connectivity index (χ3n) is 1.71. The summed E-state index contributed by atoms with van der Waals surface area (Å²) >= 11 is 0. The molecule has 0 rings (SSSR count). The first-order valence-corrected chi connectivity index (χ1v) is 5.96. The van der Waals surface area contributed by atoms with E-state index >= 15 is 0 Å². The summed E-state index contributed by atoms with van der Waals surface area (Å²) in [5, 5.41) is 2.80. The van der Waals surface area contributed by atoms with Gasteiger partial charge in [-0.05, 0) is 55.4 Å². The molecule has 0 aliphatic carbocycles. The topological polar surface area (TPSA) is 47.6 Å². The number of hydrogen-bond acceptors (Lipinski definition) is 3. The Morgan fingerprint density at radius 3 is 1.76 bits per heavy atom. The van der Waals surface area contributed by atoms with Crippen LogP contribution in [-0.2, 0) is 9.47 Å². The van der Waals surface area contributed by atoms with Crippen LogP contribution in [0.3, 0.4) is 0 Å². The van der Waals surface area contributed by atoms with Crippen LogP contribution in [0.1, 0.15) is 55.4 Å². The maximum absolute atomic E-state index is 11.6. The van der Waals surface area contributed by atoms with Crippen LogP contribution in [0, 0.1) is 0 Å². The predicted molar refractivity (Wildman–Crippen MR) is 69.2 cm³/mol. The van der Waals surface area contributed by atoms with Crippen LogP contribution >= 0.6 is 0 Å². The molecule has 0 aliphatic rings. The van der Waals surface area contributed by atoms with Gasteiger partial charge in [0.2, 0.25) is 0 Å². The van der Waals surface area contributed by atoms with Crippen LogP contribution in [0.2, 0.25) is 0 Å².